The minimum Gasteiger partial charge on any atom is -0.563 e. The summed E-state index contributed by atoms with van der Waals surface area (Å²) in [6.45, 7) is 4.48. The molecule has 6 heteroatoms. The van der Waals surface area contributed by atoms with Gasteiger partial charge in [0.05, 0.1) is 17.6 Å². The van der Waals surface area contributed by atoms with E-state index in [9.17, 15) is 9.59 Å². The Balaban J connectivity index is 1.52. The number of aryl methyl sites for hydroxylation is 3. The number of aromatic nitrogens is 2. The maximum atomic E-state index is 13.2. The van der Waals surface area contributed by atoms with Gasteiger partial charge >= 0.3 is 5.97 Å². The Morgan fingerprint density at radius 2 is 1.64 bits per heavy atom. The van der Waals surface area contributed by atoms with E-state index in [-0.39, 0.29) is 12.4 Å². The van der Waals surface area contributed by atoms with Crippen molar-refractivity contribution in [2.45, 2.75) is 39.5 Å². The van der Waals surface area contributed by atoms with Gasteiger partial charge < -0.3 is 14.4 Å². The quantitative estimate of drug-likeness (QED) is 0.289. The number of carbonyl (C=O) groups excluding carboxylic acids is 2. The molecule has 2 N–H and O–H groups in total. The van der Waals surface area contributed by atoms with Gasteiger partial charge in [0.25, 0.3) is 0 Å². The normalized spacial score (nSPS) is 12.1. The zero-order chi connectivity index (χ0) is 23.4. The zero-order valence-electron chi connectivity index (χ0n) is 18.7. The minimum atomic E-state index is -0.733. The second kappa shape index (κ2) is 9.79. The monoisotopic (exact) mass is 443 g/mol. The van der Waals surface area contributed by atoms with Crippen LogP contribution in [-0.4, -0.2) is 32.5 Å². The fourth-order valence-electron chi connectivity index (χ4n) is 3.65. The number of benzene rings is 3. The van der Waals surface area contributed by atoms with Crippen LogP contribution in [0.15, 0.2) is 72.8 Å². The Hall–Kier alpha value is -3.77. The molecule has 168 valence electrons. The molecule has 33 heavy (non-hydrogen) atoms. The molecule has 1 heterocycles. The summed E-state index contributed by atoms with van der Waals surface area (Å²) in [5.41, 5.74) is 5.53. The van der Waals surface area contributed by atoms with Crippen molar-refractivity contribution in [2.24, 2.45) is 0 Å². The van der Waals surface area contributed by atoms with Crippen molar-refractivity contribution < 1.29 is 19.4 Å². The topological polar surface area (TPSA) is 84.1 Å². The van der Waals surface area contributed by atoms with Crippen LogP contribution in [0.4, 0.5) is 0 Å². The van der Waals surface area contributed by atoms with Crippen LogP contribution < -0.4 is 0 Å². The van der Waals surface area contributed by atoms with Crippen molar-refractivity contribution in [3.8, 4) is 0 Å². The van der Waals surface area contributed by atoms with Gasteiger partial charge in [-0.1, -0.05) is 66.2 Å². The van der Waals surface area contributed by atoms with Crippen LogP contribution >= 0.6 is 0 Å². The smallest absolute Gasteiger partial charge is 0.544 e. The number of nitrogens with zero attached hydrogens (tertiary/aromatic N) is 2. The van der Waals surface area contributed by atoms with Gasteiger partial charge in [0.1, 0.15) is 0 Å². The van der Waals surface area contributed by atoms with Gasteiger partial charge in [-0.05, 0) is 43.5 Å². The first kappa shape index (κ1) is 22.4. The van der Waals surface area contributed by atoms with Crippen LogP contribution in [0.2, 0.25) is 0 Å². The summed E-state index contributed by atoms with van der Waals surface area (Å²) < 4.78 is 7.40. The first-order valence-electron chi connectivity index (χ1n) is 10.9. The number of ketones is 1. The molecule has 0 fully saturated rings. The standard InChI is InChI=1S/C27H26N2O4/c1-18-7-13-22(14-8-18)25(30)26-28-23-5-3-4-6-24(23)29(26)16-15-20-9-11-21(12-10-20)17-33-19(2)27(31)32/h3-14,19H,15-17H2,1-2H3,(H,31,32)/p+1/t19-/m1/s1. The number of rotatable bonds is 9. The molecule has 0 amide bonds. The molecule has 0 aliphatic rings. The molecule has 0 spiro atoms. The third-order valence-electron chi connectivity index (χ3n) is 5.69. The molecule has 3 aromatic carbocycles. The van der Waals surface area contributed by atoms with E-state index >= 15 is 0 Å². The van der Waals surface area contributed by atoms with Gasteiger partial charge in [0, 0.05) is 16.9 Å². The van der Waals surface area contributed by atoms with Crippen LogP contribution in [-0.2, 0) is 29.1 Å². The molecule has 1 aromatic heterocycles. The first-order valence-corrected chi connectivity index (χ1v) is 10.9. The Bertz CT molecular complexity index is 1270. The van der Waals surface area contributed by atoms with Crippen LogP contribution in [0.5, 0.6) is 0 Å². The van der Waals surface area contributed by atoms with Gasteiger partial charge in [-0.3, -0.25) is 4.79 Å². The Morgan fingerprint density at radius 3 is 2.33 bits per heavy atom. The predicted octanol–water partition coefficient (Wildman–Crippen LogP) is 3.97. The summed E-state index contributed by atoms with van der Waals surface area (Å²) in [7, 11) is 0. The highest BCUT2D eigenvalue weighted by Crippen LogP contribution is 2.20. The third-order valence-corrected chi connectivity index (χ3v) is 5.69. The number of imidazole rings is 1. The molecule has 0 aliphatic carbocycles. The summed E-state index contributed by atoms with van der Waals surface area (Å²) in [5.74, 6) is -0.369. The SMILES string of the molecule is Cc1ccc(C(=O)c2nc3ccccc3n2CCc2ccc(CO[C@H](C)C(=O)[OH2+])cc2)cc1. The van der Waals surface area contributed by atoms with E-state index in [1.54, 1.807) is 6.92 Å². The molecule has 6 nitrogen and oxygen atoms in total. The summed E-state index contributed by atoms with van der Waals surface area (Å²) in [6.07, 6.45) is 0.000713. The Morgan fingerprint density at radius 1 is 0.970 bits per heavy atom. The van der Waals surface area contributed by atoms with E-state index in [1.807, 2.05) is 84.3 Å². The molecule has 0 saturated carbocycles. The third kappa shape index (κ3) is 5.18. The molecule has 0 unspecified atom stereocenters. The van der Waals surface area contributed by atoms with Crippen molar-refractivity contribution in [2.75, 3.05) is 0 Å². The van der Waals surface area contributed by atoms with Crippen molar-refractivity contribution in [1.29, 1.82) is 0 Å². The lowest BCUT2D eigenvalue weighted by Gasteiger charge is -2.10. The summed E-state index contributed by atoms with van der Waals surface area (Å²) in [6, 6.07) is 23.3. The number of para-hydroxylation sites is 2. The van der Waals surface area contributed by atoms with E-state index in [2.05, 4.69) is 4.98 Å². The van der Waals surface area contributed by atoms with E-state index in [4.69, 9.17) is 9.84 Å². The van der Waals surface area contributed by atoms with Gasteiger partial charge in [0.15, 0.2) is 5.82 Å². The minimum absolute atomic E-state index is 0.0863. The molecular formula is C27H27N2O4+. The molecule has 0 aliphatic heterocycles. The van der Waals surface area contributed by atoms with Crippen molar-refractivity contribution in [3.05, 3.63) is 101 Å². The second-order valence-corrected chi connectivity index (χ2v) is 8.15. The number of hydrogen-bond acceptors (Lipinski definition) is 4. The molecule has 4 rings (SSSR count). The number of fused-ring (bicyclic) bond motifs is 1. The molecule has 0 bridgehead atoms. The predicted molar refractivity (Wildman–Crippen MR) is 127 cm³/mol. The highest BCUT2D eigenvalue weighted by Gasteiger charge is 2.20. The summed E-state index contributed by atoms with van der Waals surface area (Å²) >= 11 is 0. The van der Waals surface area contributed by atoms with E-state index in [1.165, 1.54) is 0 Å². The highest BCUT2D eigenvalue weighted by molar-refractivity contribution is 6.08. The Kier molecular flexibility index (Phi) is 6.66. The van der Waals surface area contributed by atoms with Crippen LogP contribution in [0.25, 0.3) is 11.0 Å². The lowest BCUT2D eigenvalue weighted by atomic mass is 10.1. The summed E-state index contributed by atoms with van der Waals surface area (Å²) in [4.78, 5) is 28.9. The highest BCUT2D eigenvalue weighted by atomic mass is 16.5. The Labute approximate surface area is 192 Å². The van der Waals surface area contributed by atoms with Crippen molar-refractivity contribution >= 4 is 22.8 Å². The van der Waals surface area contributed by atoms with Gasteiger partial charge in [0.2, 0.25) is 11.9 Å². The summed E-state index contributed by atoms with van der Waals surface area (Å²) in [5, 5.41) is 7.08. The van der Waals surface area contributed by atoms with Crippen LogP contribution in [0.1, 0.15) is 39.8 Å². The zero-order valence-corrected chi connectivity index (χ0v) is 18.7. The fourth-order valence-corrected chi connectivity index (χ4v) is 3.65. The first-order chi connectivity index (χ1) is 15.9. The average molecular weight is 444 g/mol. The van der Waals surface area contributed by atoms with Gasteiger partial charge in [-0.25, -0.2) is 4.98 Å². The molecule has 0 saturated heterocycles. The van der Waals surface area contributed by atoms with Gasteiger partial charge in [-0.15, -0.1) is 0 Å². The fraction of sp³-hybridized carbons (Fsp3) is 0.222. The van der Waals surface area contributed by atoms with E-state index in [0.29, 0.717) is 17.9 Å². The van der Waals surface area contributed by atoms with E-state index < -0.39 is 12.1 Å². The van der Waals surface area contributed by atoms with Gasteiger partial charge in [-0.2, -0.15) is 0 Å². The van der Waals surface area contributed by atoms with Crippen LogP contribution in [0.3, 0.4) is 0 Å². The molecule has 0 radical (unpaired) electrons. The lowest BCUT2D eigenvalue weighted by molar-refractivity contribution is -0.149. The maximum absolute atomic E-state index is 13.2. The largest absolute Gasteiger partial charge is 0.563 e. The second-order valence-electron chi connectivity index (χ2n) is 8.15. The van der Waals surface area contributed by atoms with Crippen molar-refractivity contribution in [1.82, 2.24) is 9.55 Å². The average Bonchev–Trinajstić information content (AvgIpc) is 3.20. The van der Waals surface area contributed by atoms with E-state index in [0.717, 1.165) is 34.1 Å². The van der Waals surface area contributed by atoms with Crippen LogP contribution in [0, 0.1) is 6.92 Å². The number of carbonyl (C=O) groups is 2. The van der Waals surface area contributed by atoms with Crippen molar-refractivity contribution in [3.63, 3.8) is 0 Å². The number of hydrogen-bond donors (Lipinski definition) is 0. The number of ether oxygens (including phenoxy) is 1. The molecular weight excluding hydrogens is 416 g/mol. The maximum Gasteiger partial charge on any atom is 0.544 e. The molecule has 4 aromatic rings. The lowest BCUT2D eigenvalue weighted by Crippen LogP contribution is -2.19. The molecule has 1 atom stereocenters.